The van der Waals surface area contributed by atoms with Crippen LogP contribution in [-0.4, -0.2) is 55.4 Å². The summed E-state index contributed by atoms with van der Waals surface area (Å²) in [6.07, 6.45) is 4.29. The number of fused-ring (bicyclic) bond motifs is 1. The first-order chi connectivity index (χ1) is 12.1. The SMILES string of the molecule is CSSCOC1CC(n2cnc3c(N)ncnc32)O[C@@H]1CO[P+](=O)O. The molecule has 13 heteroatoms. The Hall–Kier alpha value is -1.01. The van der Waals surface area contributed by atoms with Gasteiger partial charge >= 0.3 is 8.25 Å². The number of imidazole rings is 1. The molecule has 0 amide bonds. The van der Waals surface area contributed by atoms with Crippen LogP contribution >= 0.6 is 29.8 Å². The largest absolute Gasteiger partial charge is 0.694 e. The second kappa shape index (κ2) is 8.58. The van der Waals surface area contributed by atoms with Crippen molar-refractivity contribution in [3.8, 4) is 0 Å². The summed E-state index contributed by atoms with van der Waals surface area (Å²) >= 11 is 0. The Morgan fingerprint density at radius 2 is 2.36 bits per heavy atom. The predicted octanol–water partition coefficient (Wildman–Crippen LogP) is 1.72. The second-order valence-corrected chi connectivity index (χ2v) is 8.33. The lowest BCUT2D eigenvalue weighted by Gasteiger charge is -2.15. The lowest BCUT2D eigenvalue weighted by atomic mass is 10.2. The minimum Gasteiger partial charge on any atom is -0.382 e. The zero-order chi connectivity index (χ0) is 17.8. The van der Waals surface area contributed by atoms with E-state index in [1.165, 1.54) is 6.33 Å². The maximum atomic E-state index is 10.8. The molecule has 0 radical (unpaired) electrons. The highest BCUT2D eigenvalue weighted by atomic mass is 33.1. The molecule has 136 valence electrons. The summed E-state index contributed by atoms with van der Waals surface area (Å²) in [7, 11) is 0.458. The van der Waals surface area contributed by atoms with Crippen molar-refractivity contribution in [2.24, 2.45) is 0 Å². The highest BCUT2D eigenvalue weighted by molar-refractivity contribution is 8.76. The molecule has 1 fully saturated rings. The van der Waals surface area contributed by atoms with Crippen LogP contribution in [0, 0.1) is 0 Å². The molecule has 0 spiro atoms. The molecule has 0 bridgehead atoms. The van der Waals surface area contributed by atoms with E-state index in [-0.39, 0.29) is 12.7 Å². The van der Waals surface area contributed by atoms with Gasteiger partial charge in [-0.15, -0.1) is 9.42 Å². The number of ether oxygens (including phenoxy) is 2. The first-order valence-electron chi connectivity index (χ1n) is 7.25. The molecule has 3 unspecified atom stereocenters. The van der Waals surface area contributed by atoms with Crippen LogP contribution < -0.4 is 5.73 Å². The standard InChI is InChI=1S/C12H16N5O5PS2/c1-24-25-6-20-7-2-9(22-8(7)3-21-23(18)19)17-5-16-10-11(13)14-4-15-12(10)17/h4-5,7-9H,2-3,6H2,1H3,(H2-,13,14,15,18,19)/p+1/t7?,8-,9?/m1/s1. The Morgan fingerprint density at radius 3 is 3.12 bits per heavy atom. The van der Waals surface area contributed by atoms with Crippen molar-refractivity contribution in [3.05, 3.63) is 12.7 Å². The van der Waals surface area contributed by atoms with Gasteiger partial charge < -0.3 is 15.2 Å². The van der Waals surface area contributed by atoms with E-state index in [2.05, 4.69) is 15.0 Å². The van der Waals surface area contributed by atoms with Gasteiger partial charge in [-0.05, 0) is 6.26 Å². The molecule has 1 saturated heterocycles. The number of aromatic nitrogens is 4. The highest BCUT2D eigenvalue weighted by Crippen LogP contribution is 2.35. The van der Waals surface area contributed by atoms with E-state index in [0.717, 1.165) is 0 Å². The van der Waals surface area contributed by atoms with Crippen LogP contribution in [0.2, 0.25) is 0 Å². The molecule has 25 heavy (non-hydrogen) atoms. The average Bonchev–Trinajstić information content (AvgIpc) is 3.18. The van der Waals surface area contributed by atoms with Gasteiger partial charge in [-0.3, -0.25) is 4.57 Å². The van der Waals surface area contributed by atoms with Gasteiger partial charge in [-0.2, -0.15) is 0 Å². The number of rotatable bonds is 8. The van der Waals surface area contributed by atoms with Crippen LogP contribution in [0.25, 0.3) is 11.2 Å². The Balaban J connectivity index is 1.77. The van der Waals surface area contributed by atoms with Gasteiger partial charge in [0.05, 0.1) is 12.4 Å². The number of hydrogen-bond donors (Lipinski definition) is 2. The monoisotopic (exact) mass is 406 g/mol. The molecule has 2 aromatic heterocycles. The van der Waals surface area contributed by atoms with Crippen LogP contribution in [0.3, 0.4) is 0 Å². The lowest BCUT2D eigenvalue weighted by Crippen LogP contribution is -2.28. The van der Waals surface area contributed by atoms with Gasteiger partial charge in [0.1, 0.15) is 36.7 Å². The number of nitrogens with zero attached hydrogens (tertiary/aromatic N) is 4. The summed E-state index contributed by atoms with van der Waals surface area (Å²) in [6.45, 7) is -0.0411. The number of nitrogen functional groups attached to an aromatic ring is 1. The zero-order valence-electron chi connectivity index (χ0n) is 13.2. The summed E-state index contributed by atoms with van der Waals surface area (Å²) in [5.74, 6) is 0.770. The molecule has 10 nitrogen and oxygen atoms in total. The molecule has 0 aliphatic carbocycles. The van der Waals surface area contributed by atoms with Crippen LogP contribution in [0.5, 0.6) is 0 Å². The fourth-order valence-corrected chi connectivity index (χ4v) is 3.63. The fourth-order valence-electron chi connectivity index (χ4n) is 2.58. The van der Waals surface area contributed by atoms with Crippen molar-refractivity contribution in [2.75, 3.05) is 24.5 Å². The minimum absolute atomic E-state index is 0.0411. The van der Waals surface area contributed by atoms with Gasteiger partial charge in [0.2, 0.25) is 0 Å². The first kappa shape index (κ1) is 18.8. The Labute approximate surface area is 152 Å². The van der Waals surface area contributed by atoms with Crippen molar-refractivity contribution >= 4 is 46.8 Å². The van der Waals surface area contributed by atoms with Crippen molar-refractivity contribution < 1.29 is 23.5 Å². The summed E-state index contributed by atoms with van der Waals surface area (Å²) in [4.78, 5) is 21.2. The fraction of sp³-hybridized carbons (Fsp3) is 0.583. The first-order valence-corrected chi connectivity index (χ1v) is 11.1. The summed E-state index contributed by atoms with van der Waals surface area (Å²) in [6, 6.07) is 0. The van der Waals surface area contributed by atoms with Crippen molar-refractivity contribution in [1.29, 1.82) is 0 Å². The third-order valence-electron chi connectivity index (χ3n) is 3.68. The van der Waals surface area contributed by atoms with Crippen molar-refractivity contribution in [3.63, 3.8) is 0 Å². The van der Waals surface area contributed by atoms with E-state index in [9.17, 15) is 4.57 Å². The van der Waals surface area contributed by atoms with Crippen molar-refractivity contribution in [2.45, 2.75) is 24.9 Å². The summed E-state index contributed by atoms with van der Waals surface area (Å²) < 4.78 is 29.2. The molecule has 3 N–H and O–H groups in total. The zero-order valence-corrected chi connectivity index (χ0v) is 15.7. The number of hydrogen-bond acceptors (Lipinski definition) is 10. The number of anilines is 1. The van der Waals surface area contributed by atoms with E-state index < -0.39 is 20.6 Å². The second-order valence-electron chi connectivity index (χ2n) is 5.09. The van der Waals surface area contributed by atoms with E-state index in [0.29, 0.717) is 29.3 Å². The van der Waals surface area contributed by atoms with Crippen LogP contribution in [0.4, 0.5) is 5.82 Å². The van der Waals surface area contributed by atoms with E-state index in [1.54, 1.807) is 32.5 Å². The molecule has 1 aliphatic rings. The highest BCUT2D eigenvalue weighted by Gasteiger charge is 2.39. The predicted molar refractivity (Wildman–Crippen MR) is 94.9 cm³/mol. The topological polar surface area (TPSA) is 135 Å². The molecule has 4 atom stereocenters. The Bertz CT molecular complexity index is 750. The van der Waals surface area contributed by atoms with Gasteiger partial charge in [-0.1, -0.05) is 21.6 Å². The van der Waals surface area contributed by atoms with Gasteiger partial charge in [-0.25, -0.2) is 15.0 Å². The van der Waals surface area contributed by atoms with Crippen LogP contribution in [0.1, 0.15) is 12.6 Å². The van der Waals surface area contributed by atoms with Crippen molar-refractivity contribution in [1.82, 2.24) is 19.5 Å². The molecular formula is C12H17N5O5PS2+. The molecule has 3 rings (SSSR count). The molecule has 0 saturated carbocycles. The normalized spacial score (nSPS) is 24.1. The maximum Gasteiger partial charge on any atom is 0.694 e. The Morgan fingerprint density at radius 1 is 1.52 bits per heavy atom. The van der Waals surface area contributed by atoms with Gasteiger partial charge in [0.15, 0.2) is 11.5 Å². The molecular weight excluding hydrogens is 389 g/mol. The third kappa shape index (κ3) is 4.40. The van der Waals surface area contributed by atoms with E-state index >= 15 is 0 Å². The summed E-state index contributed by atoms with van der Waals surface area (Å²) in [5, 5.41) is 0. The van der Waals surface area contributed by atoms with Crippen LogP contribution in [0.15, 0.2) is 12.7 Å². The Kier molecular flexibility index (Phi) is 6.44. The lowest BCUT2D eigenvalue weighted by molar-refractivity contribution is -0.0486. The maximum absolute atomic E-state index is 10.8. The van der Waals surface area contributed by atoms with Crippen LogP contribution in [-0.2, 0) is 18.6 Å². The minimum atomic E-state index is -2.69. The van der Waals surface area contributed by atoms with E-state index in [4.69, 9.17) is 24.6 Å². The number of nitrogens with two attached hydrogens (primary N) is 1. The quantitative estimate of drug-likeness (QED) is 0.287. The molecule has 2 aromatic rings. The summed E-state index contributed by atoms with van der Waals surface area (Å²) in [5.41, 5.74) is 6.87. The van der Waals surface area contributed by atoms with Gasteiger partial charge in [0.25, 0.3) is 0 Å². The molecule has 3 heterocycles. The smallest absolute Gasteiger partial charge is 0.382 e. The molecule has 1 aliphatic heterocycles. The molecule has 0 aromatic carbocycles. The third-order valence-corrected chi connectivity index (χ3v) is 5.51. The van der Waals surface area contributed by atoms with E-state index in [1.807, 2.05) is 6.26 Å². The average molecular weight is 406 g/mol. The van der Waals surface area contributed by atoms with Gasteiger partial charge in [0, 0.05) is 11.0 Å².